The Morgan fingerprint density at radius 3 is 2.85 bits per heavy atom. The summed E-state index contributed by atoms with van der Waals surface area (Å²) in [5, 5.41) is 3.98. The lowest BCUT2D eigenvalue weighted by Gasteiger charge is -2.09. The summed E-state index contributed by atoms with van der Waals surface area (Å²) in [6, 6.07) is 7.65. The minimum absolute atomic E-state index is 0.0618. The van der Waals surface area contributed by atoms with Crippen molar-refractivity contribution in [1.82, 2.24) is 9.78 Å². The van der Waals surface area contributed by atoms with E-state index < -0.39 is 0 Å². The van der Waals surface area contributed by atoms with Gasteiger partial charge in [-0.3, -0.25) is 9.48 Å². The Hall–Kier alpha value is -2.36. The lowest BCUT2D eigenvalue weighted by Crippen LogP contribution is -2.05. The molecular formula is C16H18N2O2. The van der Waals surface area contributed by atoms with Gasteiger partial charge in [0, 0.05) is 13.2 Å². The largest absolute Gasteiger partial charge is 0.491 e. The van der Waals surface area contributed by atoms with Crippen LogP contribution in [0, 0.1) is 0 Å². The maximum Gasteiger partial charge on any atom is 0.189 e. The first-order chi connectivity index (χ1) is 9.54. The van der Waals surface area contributed by atoms with Crippen LogP contribution in [0.2, 0.25) is 0 Å². The molecule has 0 aliphatic carbocycles. The van der Waals surface area contributed by atoms with Crippen LogP contribution in [0.5, 0.6) is 5.75 Å². The highest BCUT2D eigenvalue weighted by molar-refractivity contribution is 6.06. The Morgan fingerprint density at radius 1 is 1.40 bits per heavy atom. The van der Waals surface area contributed by atoms with E-state index in [-0.39, 0.29) is 11.9 Å². The van der Waals surface area contributed by atoms with E-state index >= 15 is 0 Å². The molecule has 0 bridgehead atoms. The summed E-state index contributed by atoms with van der Waals surface area (Å²) in [4.78, 5) is 11.9. The molecule has 0 saturated carbocycles. The third kappa shape index (κ3) is 3.82. The summed E-state index contributed by atoms with van der Waals surface area (Å²) in [5.74, 6) is 0.740. The van der Waals surface area contributed by atoms with Crippen molar-refractivity contribution in [3.8, 4) is 5.75 Å². The van der Waals surface area contributed by atoms with Crippen molar-refractivity contribution in [2.24, 2.45) is 7.05 Å². The number of allylic oxidation sites excluding steroid dienone is 1. The van der Waals surface area contributed by atoms with Crippen molar-refractivity contribution < 1.29 is 9.53 Å². The number of aryl methyl sites for hydroxylation is 1. The van der Waals surface area contributed by atoms with Crippen LogP contribution in [-0.4, -0.2) is 21.7 Å². The number of aromatic nitrogens is 2. The maximum atomic E-state index is 11.9. The minimum atomic E-state index is -0.0618. The first-order valence-electron chi connectivity index (χ1n) is 6.52. The van der Waals surface area contributed by atoms with Gasteiger partial charge in [-0.1, -0.05) is 18.2 Å². The molecule has 4 heteroatoms. The molecule has 0 spiro atoms. The molecule has 2 rings (SSSR count). The molecular weight excluding hydrogens is 252 g/mol. The van der Waals surface area contributed by atoms with Crippen molar-refractivity contribution >= 4 is 11.9 Å². The van der Waals surface area contributed by atoms with Crippen LogP contribution < -0.4 is 4.74 Å². The Balaban J connectivity index is 2.09. The average Bonchev–Trinajstić information content (AvgIpc) is 2.82. The SMILES string of the molecule is CC(C)Oc1cccc(/C=C\C(=O)c2cnn(C)c2)c1. The molecule has 0 fully saturated rings. The smallest absolute Gasteiger partial charge is 0.189 e. The molecule has 0 saturated heterocycles. The Morgan fingerprint density at radius 2 is 2.20 bits per heavy atom. The summed E-state index contributed by atoms with van der Waals surface area (Å²) in [7, 11) is 1.78. The fraction of sp³-hybridized carbons (Fsp3) is 0.250. The zero-order valence-electron chi connectivity index (χ0n) is 11.9. The number of ketones is 1. The average molecular weight is 270 g/mol. The monoisotopic (exact) mass is 270 g/mol. The molecule has 0 amide bonds. The molecule has 0 unspecified atom stereocenters. The summed E-state index contributed by atoms with van der Waals surface area (Å²) in [5.41, 5.74) is 1.51. The van der Waals surface area contributed by atoms with Crippen LogP contribution in [0.15, 0.2) is 42.7 Å². The standard InChI is InChI=1S/C16H18N2O2/c1-12(2)20-15-6-4-5-13(9-15)7-8-16(19)14-10-17-18(3)11-14/h4-12H,1-3H3/b8-7-. The highest BCUT2D eigenvalue weighted by Crippen LogP contribution is 2.16. The van der Waals surface area contributed by atoms with Gasteiger partial charge in [0.1, 0.15) is 5.75 Å². The molecule has 0 atom stereocenters. The third-order valence-corrected chi connectivity index (χ3v) is 2.65. The van der Waals surface area contributed by atoms with Gasteiger partial charge in [0.2, 0.25) is 0 Å². The summed E-state index contributed by atoms with van der Waals surface area (Å²) < 4.78 is 7.23. The van der Waals surface area contributed by atoms with Gasteiger partial charge >= 0.3 is 0 Å². The van der Waals surface area contributed by atoms with E-state index in [2.05, 4.69) is 5.10 Å². The number of carbonyl (C=O) groups is 1. The van der Waals surface area contributed by atoms with E-state index in [1.807, 2.05) is 38.1 Å². The highest BCUT2D eigenvalue weighted by Gasteiger charge is 2.04. The predicted octanol–water partition coefficient (Wildman–Crippen LogP) is 3.10. The summed E-state index contributed by atoms with van der Waals surface area (Å²) >= 11 is 0. The number of carbonyl (C=O) groups excluding carboxylic acids is 1. The molecule has 2 aromatic rings. The summed E-state index contributed by atoms with van der Waals surface area (Å²) in [6.07, 6.45) is 6.72. The van der Waals surface area contributed by atoms with Gasteiger partial charge in [0.15, 0.2) is 5.78 Å². The molecule has 104 valence electrons. The number of hydrogen-bond donors (Lipinski definition) is 0. The van der Waals surface area contributed by atoms with Crippen molar-refractivity contribution in [3.63, 3.8) is 0 Å². The topological polar surface area (TPSA) is 44.1 Å². The van der Waals surface area contributed by atoms with Crippen LogP contribution in [0.3, 0.4) is 0 Å². The first-order valence-corrected chi connectivity index (χ1v) is 6.52. The van der Waals surface area contributed by atoms with Crippen LogP contribution >= 0.6 is 0 Å². The normalized spacial score (nSPS) is 11.2. The number of ether oxygens (including phenoxy) is 1. The van der Waals surface area contributed by atoms with Gasteiger partial charge < -0.3 is 4.74 Å². The summed E-state index contributed by atoms with van der Waals surface area (Å²) in [6.45, 7) is 3.96. The molecule has 0 aliphatic rings. The fourth-order valence-electron chi connectivity index (χ4n) is 1.78. The lowest BCUT2D eigenvalue weighted by molar-refractivity contribution is 0.104. The number of rotatable bonds is 5. The zero-order chi connectivity index (χ0) is 14.5. The van der Waals surface area contributed by atoms with E-state index in [0.29, 0.717) is 5.56 Å². The minimum Gasteiger partial charge on any atom is -0.491 e. The predicted molar refractivity (Wildman–Crippen MR) is 78.8 cm³/mol. The second-order valence-electron chi connectivity index (χ2n) is 4.84. The highest BCUT2D eigenvalue weighted by atomic mass is 16.5. The number of benzene rings is 1. The van der Waals surface area contributed by atoms with E-state index in [4.69, 9.17) is 4.74 Å². The first kappa shape index (κ1) is 14.1. The second kappa shape index (κ2) is 6.19. The third-order valence-electron chi connectivity index (χ3n) is 2.65. The molecule has 0 N–H and O–H groups in total. The molecule has 0 radical (unpaired) electrons. The van der Waals surface area contributed by atoms with Crippen molar-refractivity contribution in [2.75, 3.05) is 0 Å². The maximum absolute atomic E-state index is 11.9. The van der Waals surface area contributed by atoms with E-state index in [9.17, 15) is 4.79 Å². The van der Waals surface area contributed by atoms with E-state index in [0.717, 1.165) is 11.3 Å². The quantitative estimate of drug-likeness (QED) is 0.619. The van der Waals surface area contributed by atoms with E-state index in [1.165, 1.54) is 0 Å². The lowest BCUT2D eigenvalue weighted by atomic mass is 10.1. The Kier molecular flexibility index (Phi) is 4.35. The number of hydrogen-bond acceptors (Lipinski definition) is 3. The van der Waals surface area contributed by atoms with Gasteiger partial charge in [0.05, 0.1) is 17.9 Å². The zero-order valence-corrected chi connectivity index (χ0v) is 11.9. The fourth-order valence-corrected chi connectivity index (χ4v) is 1.78. The van der Waals surface area contributed by atoms with E-state index in [1.54, 1.807) is 36.3 Å². The Labute approximate surface area is 118 Å². The van der Waals surface area contributed by atoms with Crippen molar-refractivity contribution in [1.29, 1.82) is 0 Å². The van der Waals surface area contributed by atoms with Gasteiger partial charge in [0.25, 0.3) is 0 Å². The van der Waals surface area contributed by atoms with Crippen LogP contribution in [0.25, 0.3) is 6.08 Å². The number of nitrogens with zero attached hydrogens (tertiary/aromatic N) is 2. The van der Waals surface area contributed by atoms with Gasteiger partial charge in [-0.05, 0) is 37.6 Å². The van der Waals surface area contributed by atoms with Crippen LogP contribution in [0.4, 0.5) is 0 Å². The second-order valence-corrected chi connectivity index (χ2v) is 4.84. The molecule has 1 heterocycles. The molecule has 20 heavy (non-hydrogen) atoms. The van der Waals surface area contributed by atoms with Crippen LogP contribution in [-0.2, 0) is 7.05 Å². The molecule has 1 aromatic heterocycles. The van der Waals surface area contributed by atoms with Gasteiger partial charge in [-0.25, -0.2) is 0 Å². The molecule has 4 nitrogen and oxygen atoms in total. The van der Waals surface area contributed by atoms with Gasteiger partial charge in [-0.15, -0.1) is 0 Å². The van der Waals surface area contributed by atoms with Gasteiger partial charge in [-0.2, -0.15) is 5.10 Å². The molecule has 1 aromatic carbocycles. The van der Waals surface area contributed by atoms with Crippen molar-refractivity contribution in [3.05, 3.63) is 53.9 Å². The van der Waals surface area contributed by atoms with Crippen LogP contribution in [0.1, 0.15) is 29.8 Å². The Bertz CT molecular complexity index is 627. The molecule has 0 aliphatic heterocycles. The van der Waals surface area contributed by atoms with Crippen molar-refractivity contribution in [2.45, 2.75) is 20.0 Å².